The van der Waals surface area contributed by atoms with E-state index in [0.29, 0.717) is 11.3 Å². The molecule has 1 rings (SSSR count). The van der Waals surface area contributed by atoms with Crippen molar-refractivity contribution in [3.8, 4) is 0 Å². The van der Waals surface area contributed by atoms with Crippen molar-refractivity contribution in [1.82, 2.24) is 0 Å². The average Bonchev–Trinajstić information content (AvgIpc) is 2.42. The molecule has 1 aliphatic heterocycles. The molecule has 0 bridgehead atoms. The Labute approximate surface area is 115 Å². The van der Waals surface area contributed by atoms with Crippen LogP contribution >= 0.6 is 47.8 Å². The number of cyclic esters (lactones) is 1. The molecule has 0 aromatic carbocycles. The third-order valence-electron chi connectivity index (χ3n) is 2.02. The lowest BCUT2D eigenvalue weighted by Crippen LogP contribution is -2.10. The van der Waals surface area contributed by atoms with E-state index in [0.717, 1.165) is 21.8 Å². The fourth-order valence-electron chi connectivity index (χ4n) is 1.29. The Hall–Kier alpha value is 0.390. The molecule has 15 heavy (non-hydrogen) atoms. The van der Waals surface area contributed by atoms with Crippen LogP contribution in [0, 0.1) is 0 Å². The van der Waals surface area contributed by atoms with E-state index < -0.39 is 0 Å². The molecular formula is C10H11Br3O2. The lowest BCUT2D eigenvalue weighted by atomic mass is 10.1. The van der Waals surface area contributed by atoms with E-state index >= 15 is 0 Å². The van der Waals surface area contributed by atoms with Gasteiger partial charge in [-0.05, 0) is 29.3 Å². The molecule has 0 N–H and O–H groups in total. The van der Waals surface area contributed by atoms with Crippen LogP contribution in [0.4, 0.5) is 0 Å². The molecule has 1 unspecified atom stereocenters. The number of hydrogen-bond donors (Lipinski definition) is 0. The molecule has 0 aromatic rings. The topological polar surface area (TPSA) is 26.3 Å². The summed E-state index contributed by atoms with van der Waals surface area (Å²) in [7, 11) is 0. The minimum atomic E-state index is -0.272. The zero-order chi connectivity index (χ0) is 11.6. The van der Waals surface area contributed by atoms with Crippen LogP contribution in [0.2, 0.25) is 0 Å². The van der Waals surface area contributed by atoms with Gasteiger partial charge in [-0.2, -0.15) is 0 Å². The summed E-state index contributed by atoms with van der Waals surface area (Å²) in [5.74, 6) is 0.307. The van der Waals surface area contributed by atoms with E-state index in [1.54, 1.807) is 0 Å². The van der Waals surface area contributed by atoms with E-state index in [2.05, 4.69) is 54.7 Å². The zero-order valence-electron chi connectivity index (χ0n) is 8.44. The molecule has 84 valence electrons. The van der Waals surface area contributed by atoms with Gasteiger partial charge in [0.05, 0.1) is 10.1 Å². The first-order valence-corrected chi connectivity index (χ1v) is 7.11. The van der Waals surface area contributed by atoms with Gasteiger partial charge in [-0.3, -0.25) is 0 Å². The Kier molecular flexibility index (Phi) is 5.06. The number of rotatable bonds is 3. The van der Waals surface area contributed by atoms with Crippen molar-refractivity contribution in [3.05, 3.63) is 20.3 Å². The number of hydrogen-bond acceptors (Lipinski definition) is 2. The van der Waals surface area contributed by atoms with E-state index in [1.807, 2.05) is 6.92 Å². The highest BCUT2D eigenvalue weighted by molar-refractivity contribution is 9.12. The van der Waals surface area contributed by atoms with Gasteiger partial charge in [0.1, 0.15) is 0 Å². The lowest BCUT2D eigenvalue weighted by molar-refractivity contribution is -0.133. The number of halogens is 3. The first-order valence-electron chi connectivity index (χ1n) is 4.61. The average molecular weight is 403 g/mol. The number of carbonyl (C=O) groups excluding carboxylic acids is 1. The predicted molar refractivity (Wildman–Crippen MR) is 71.3 cm³/mol. The van der Waals surface area contributed by atoms with Crippen molar-refractivity contribution < 1.29 is 9.53 Å². The number of esters is 1. The predicted octanol–water partition coefficient (Wildman–Crippen LogP) is 4.38. The minimum absolute atomic E-state index is 0.0497. The summed E-state index contributed by atoms with van der Waals surface area (Å²) in [6.07, 6.45) is 1.92. The maximum absolute atomic E-state index is 11.6. The lowest BCUT2D eigenvalue weighted by Gasteiger charge is -2.06. The van der Waals surface area contributed by atoms with Gasteiger partial charge in [0, 0.05) is 9.31 Å². The summed E-state index contributed by atoms with van der Waals surface area (Å²) in [5.41, 5.74) is 0.672. The molecule has 0 saturated carbocycles. The number of carbonyl (C=O) groups is 1. The van der Waals surface area contributed by atoms with E-state index in [9.17, 15) is 4.79 Å². The summed E-state index contributed by atoms with van der Waals surface area (Å²) in [5, 5.41) is 0. The molecule has 2 nitrogen and oxygen atoms in total. The van der Waals surface area contributed by atoms with E-state index in [1.165, 1.54) is 0 Å². The molecule has 0 radical (unpaired) electrons. The second-order valence-corrected chi connectivity index (χ2v) is 6.32. The summed E-state index contributed by atoms with van der Waals surface area (Å²) < 4.78 is 6.72. The number of allylic oxidation sites excluding steroid dienone is 2. The standard InChI is InChI=1S/C10H11Br3O2/c1-3-4-6(12)7-8(13)9(5(2)11)15-10(7)14/h6H,3-4H2,1-2H3/b9-5-. The zero-order valence-corrected chi connectivity index (χ0v) is 13.2. The van der Waals surface area contributed by atoms with Crippen LogP contribution in [0.1, 0.15) is 26.7 Å². The highest BCUT2D eigenvalue weighted by atomic mass is 79.9. The molecule has 0 saturated heterocycles. The molecule has 0 fully saturated rings. The molecule has 5 heteroatoms. The monoisotopic (exact) mass is 400 g/mol. The summed E-state index contributed by atoms with van der Waals surface area (Å²) in [6, 6.07) is 0. The van der Waals surface area contributed by atoms with Crippen LogP contribution in [0.15, 0.2) is 20.3 Å². The smallest absolute Gasteiger partial charge is 0.341 e. The van der Waals surface area contributed by atoms with Crippen LogP contribution in [0.3, 0.4) is 0 Å². The van der Waals surface area contributed by atoms with Gasteiger partial charge in [0.25, 0.3) is 0 Å². The minimum Gasteiger partial charge on any atom is -0.421 e. The van der Waals surface area contributed by atoms with Gasteiger partial charge >= 0.3 is 5.97 Å². The fourth-order valence-corrected chi connectivity index (χ4v) is 3.83. The van der Waals surface area contributed by atoms with Gasteiger partial charge in [-0.1, -0.05) is 45.2 Å². The maximum Gasteiger partial charge on any atom is 0.341 e. The van der Waals surface area contributed by atoms with Crippen LogP contribution in [-0.4, -0.2) is 10.8 Å². The van der Waals surface area contributed by atoms with Crippen LogP contribution in [-0.2, 0) is 9.53 Å². The van der Waals surface area contributed by atoms with Gasteiger partial charge in [0.15, 0.2) is 5.76 Å². The van der Waals surface area contributed by atoms with Gasteiger partial charge in [-0.25, -0.2) is 4.79 Å². The first-order chi connectivity index (χ1) is 6.99. The van der Waals surface area contributed by atoms with Crippen molar-refractivity contribution >= 4 is 53.8 Å². The van der Waals surface area contributed by atoms with Gasteiger partial charge < -0.3 is 4.74 Å². The Balaban J connectivity index is 3.05. The Morgan fingerprint density at radius 2 is 2.13 bits per heavy atom. The first kappa shape index (κ1) is 13.5. The summed E-state index contributed by atoms with van der Waals surface area (Å²) in [4.78, 5) is 11.7. The number of ether oxygens (including phenoxy) is 1. The normalized spacial score (nSPS) is 21.8. The summed E-state index contributed by atoms with van der Waals surface area (Å²) >= 11 is 10.2. The second kappa shape index (κ2) is 5.64. The molecule has 0 spiro atoms. The van der Waals surface area contributed by atoms with E-state index in [-0.39, 0.29) is 10.8 Å². The highest BCUT2D eigenvalue weighted by Gasteiger charge is 2.33. The third kappa shape index (κ3) is 2.94. The summed E-state index contributed by atoms with van der Waals surface area (Å²) in [6.45, 7) is 3.92. The maximum atomic E-state index is 11.6. The van der Waals surface area contributed by atoms with Crippen LogP contribution in [0.25, 0.3) is 0 Å². The molecule has 1 aliphatic rings. The molecule has 1 heterocycles. The van der Waals surface area contributed by atoms with Gasteiger partial charge in [-0.15, -0.1) is 0 Å². The molecule has 0 amide bonds. The molecule has 0 aliphatic carbocycles. The van der Waals surface area contributed by atoms with Crippen molar-refractivity contribution in [3.63, 3.8) is 0 Å². The third-order valence-corrected chi connectivity index (χ3v) is 4.08. The van der Waals surface area contributed by atoms with Gasteiger partial charge in [0.2, 0.25) is 0 Å². The Bertz CT molecular complexity index is 341. The van der Waals surface area contributed by atoms with E-state index in [4.69, 9.17) is 4.74 Å². The van der Waals surface area contributed by atoms with Crippen LogP contribution in [0.5, 0.6) is 0 Å². The molecular weight excluding hydrogens is 392 g/mol. The fraction of sp³-hybridized carbons (Fsp3) is 0.500. The van der Waals surface area contributed by atoms with Crippen molar-refractivity contribution in [2.24, 2.45) is 0 Å². The largest absolute Gasteiger partial charge is 0.421 e. The van der Waals surface area contributed by atoms with Crippen molar-refractivity contribution in [2.45, 2.75) is 31.5 Å². The quantitative estimate of drug-likeness (QED) is 0.517. The second-order valence-electron chi connectivity index (χ2n) is 3.24. The van der Waals surface area contributed by atoms with Crippen LogP contribution < -0.4 is 0 Å². The van der Waals surface area contributed by atoms with Crippen molar-refractivity contribution in [1.29, 1.82) is 0 Å². The Morgan fingerprint density at radius 1 is 1.53 bits per heavy atom. The highest BCUT2D eigenvalue weighted by Crippen LogP contribution is 2.38. The molecule has 1 atom stereocenters. The van der Waals surface area contributed by atoms with Crippen molar-refractivity contribution in [2.75, 3.05) is 0 Å². The SMILES string of the molecule is CCCC(Br)C1=C(Br)/C(=C(\C)Br)OC1=O. The molecule has 0 aromatic heterocycles. The Morgan fingerprint density at radius 3 is 2.53 bits per heavy atom. The number of alkyl halides is 1.